The number of hydrogen-bond acceptors (Lipinski definition) is 7. The van der Waals surface area contributed by atoms with E-state index in [0.29, 0.717) is 28.8 Å². The summed E-state index contributed by atoms with van der Waals surface area (Å²) in [6.45, 7) is 0.791. The minimum atomic E-state index is -0.323. The average molecular weight is 421 g/mol. The number of rotatable bonds is 4. The molecule has 0 N–H and O–H groups in total. The van der Waals surface area contributed by atoms with Crippen LogP contribution >= 0.6 is 0 Å². The van der Waals surface area contributed by atoms with Crippen LogP contribution in [0.25, 0.3) is 22.8 Å². The fourth-order valence-corrected chi connectivity index (χ4v) is 3.95. The Morgan fingerprint density at radius 3 is 2.81 bits per heavy atom. The molecule has 1 unspecified atom stereocenters. The maximum Gasteiger partial charge on any atom is 0.266 e. The normalized spacial score (nSPS) is 16.2. The predicted octanol–water partition coefficient (Wildman–Crippen LogP) is 2.71. The first kappa shape index (κ1) is 19.2. The molecule has 0 bridgehead atoms. The molecule has 158 valence electrons. The molecule has 1 fully saturated rings. The van der Waals surface area contributed by atoms with Gasteiger partial charge in [0.1, 0.15) is 17.2 Å². The predicted molar refractivity (Wildman–Crippen MR) is 111 cm³/mol. The third kappa shape index (κ3) is 3.39. The second-order valence-corrected chi connectivity index (χ2v) is 7.54. The number of anilines is 1. The number of hydrogen-bond donors (Lipinski definition) is 0. The highest BCUT2D eigenvalue weighted by atomic mass is 19.1. The summed E-state index contributed by atoms with van der Waals surface area (Å²) in [5.74, 6) is 1.45. The van der Waals surface area contributed by atoms with Gasteiger partial charge in [-0.2, -0.15) is 5.10 Å². The Hall–Kier alpha value is -3.82. The standard InChI is InChI=1S/C21H20FN7O2/c1-27-20(15-8-9-19(30)28(2)25-15)23-24-21(27)29-10-4-7-17(29)16-12-18(31-26-16)13-5-3-6-14(22)11-13/h3,5-6,8-9,11-12,17H,4,7,10H2,1-2H3. The van der Waals surface area contributed by atoms with Crippen LogP contribution in [0.15, 0.2) is 51.8 Å². The van der Waals surface area contributed by atoms with Crippen molar-refractivity contribution < 1.29 is 8.91 Å². The van der Waals surface area contributed by atoms with Crippen molar-refractivity contribution in [3.8, 4) is 22.8 Å². The second kappa shape index (κ2) is 7.46. The summed E-state index contributed by atoms with van der Waals surface area (Å²) in [5.41, 5.74) is 1.78. The zero-order chi connectivity index (χ0) is 21.5. The van der Waals surface area contributed by atoms with Gasteiger partial charge in [-0.15, -0.1) is 10.2 Å². The Kier molecular flexibility index (Phi) is 4.61. The molecular formula is C21H20FN7O2. The lowest BCUT2D eigenvalue weighted by molar-refractivity contribution is 0.415. The van der Waals surface area contributed by atoms with Crippen molar-refractivity contribution in [2.24, 2.45) is 14.1 Å². The quantitative estimate of drug-likeness (QED) is 0.500. The van der Waals surface area contributed by atoms with Crippen molar-refractivity contribution >= 4 is 5.95 Å². The zero-order valence-corrected chi connectivity index (χ0v) is 17.1. The highest BCUT2D eigenvalue weighted by molar-refractivity contribution is 5.58. The van der Waals surface area contributed by atoms with Crippen LogP contribution < -0.4 is 10.5 Å². The molecule has 1 atom stereocenters. The molecular weight excluding hydrogens is 401 g/mol. The summed E-state index contributed by atoms with van der Waals surface area (Å²) in [6.07, 6.45) is 1.85. The number of nitrogens with zero attached hydrogens (tertiary/aromatic N) is 7. The van der Waals surface area contributed by atoms with Crippen molar-refractivity contribution in [3.63, 3.8) is 0 Å². The van der Waals surface area contributed by atoms with Gasteiger partial charge >= 0.3 is 0 Å². The molecule has 0 saturated carbocycles. The average Bonchev–Trinajstić information content (AvgIpc) is 3.49. The summed E-state index contributed by atoms with van der Waals surface area (Å²) < 4.78 is 22.2. The second-order valence-electron chi connectivity index (χ2n) is 7.54. The Morgan fingerprint density at radius 2 is 2.00 bits per heavy atom. The van der Waals surface area contributed by atoms with Gasteiger partial charge in [0.05, 0.1) is 6.04 Å². The molecule has 1 aliphatic heterocycles. The van der Waals surface area contributed by atoms with Gasteiger partial charge in [0.2, 0.25) is 5.95 Å². The molecule has 1 saturated heterocycles. The molecule has 0 aliphatic carbocycles. The maximum absolute atomic E-state index is 13.6. The van der Waals surface area contributed by atoms with E-state index in [1.54, 1.807) is 25.2 Å². The van der Waals surface area contributed by atoms with Crippen LogP contribution in [0, 0.1) is 5.82 Å². The molecule has 5 rings (SSSR count). The Bertz CT molecular complexity index is 1310. The fourth-order valence-electron chi connectivity index (χ4n) is 3.95. The minimum absolute atomic E-state index is 0.0325. The van der Waals surface area contributed by atoms with Crippen molar-refractivity contribution in [2.75, 3.05) is 11.4 Å². The van der Waals surface area contributed by atoms with Gasteiger partial charge in [-0.3, -0.25) is 9.36 Å². The van der Waals surface area contributed by atoms with Crippen molar-refractivity contribution in [1.82, 2.24) is 29.7 Å². The zero-order valence-electron chi connectivity index (χ0n) is 17.1. The van der Waals surface area contributed by atoms with E-state index in [1.807, 2.05) is 17.7 Å². The van der Waals surface area contributed by atoms with Crippen LogP contribution in [-0.4, -0.2) is 36.2 Å². The van der Waals surface area contributed by atoms with Crippen molar-refractivity contribution in [1.29, 1.82) is 0 Å². The molecule has 1 aliphatic rings. The summed E-state index contributed by atoms with van der Waals surface area (Å²) in [4.78, 5) is 13.8. The lowest BCUT2D eigenvalue weighted by atomic mass is 10.1. The highest BCUT2D eigenvalue weighted by Crippen LogP contribution is 2.37. The Morgan fingerprint density at radius 1 is 1.13 bits per heavy atom. The third-order valence-corrected chi connectivity index (χ3v) is 5.53. The smallest absolute Gasteiger partial charge is 0.266 e. The van der Waals surface area contributed by atoms with E-state index in [4.69, 9.17) is 4.52 Å². The molecule has 1 aromatic carbocycles. The molecule has 3 aromatic heterocycles. The van der Waals surface area contributed by atoms with Gasteiger partial charge < -0.3 is 9.42 Å². The van der Waals surface area contributed by atoms with E-state index in [0.717, 1.165) is 25.1 Å². The fraction of sp³-hybridized carbons (Fsp3) is 0.286. The van der Waals surface area contributed by atoms with E-state index in [1.165, 1.54) is 22.9 Å². The van der Waals surface area contributed by atoms with Gasteiger partial charge in [-0.1, -0.05) is 17.3 Å². The van der Waals surface area contributed by atoms with E-state index < -0.39 is 0 Å². The first-order valence-electron chi connectivity index (χ1n) is 9.94. The molecule has 31 heavy (non-hydrogen) atoms. The van der Waals surface area contributed by atoms with Crippen LogP contribution in [0.1, 0.15) is 24.6 Å². The lowest BCUT2D eigenvalue weighted by Crippen LogP contribution is -2.26. The van der Waals surface area contributed by atoms with Crippen LogP contribution in [0.2, 0.25) is 0 Å². The summed E-state index contributed by atoms with van der Waals surface area (Å²) >= 11 is 0. The number of aromatic nitrogens is 6. The SMILES string of the molecule is Cn1c(-c2ccc(=O)n(C)n2)nnc1N1CCCC1c1cc(-c2cccc(F)c2)on1. The van der Waals surface area contributed by atoms with E-state index >= 15 is 0 Å². The number of benzene rings is 1. The molecule has 4 aromatic rings. The molecule has 9 nitrogen and oxygen atoms in total. The third-order valence-electron chi connectivity index (χ3n) is 5.53. The summed E-state index contributed by atoms with van der Waals surface area (Å²) in [5, 5.41) is 17.2. The summed E-state index contributed by atoms with van der Waals surface area (Å²) in [6, 6.07) is 11.2. The first-order valence-corrected chi connectivity index (χ1v) is 9.94. The van der Waals surface area contributed by atoms with Gasteiger partial charge in [-0.25, -0.2) is 9.07 Å². The maximum atomic E-state index is 13.6. The van der Waals surface area contributed by atoms with Gasteiger partial charge in [-0.05, 0) is 31.0 Å². The van der Waals surface area contributed by atoms with Crippen LogP contribution in [0.5, 0.6) is 0 Å². The molecule has 0 radical (unpaired) electrons. The Balaban J connectivity index is 1.46. The largest absolute Gasteiger partial charge is 0.356 e. The number of halogens is 1. The van der Waals surface area contributed by atoms with Crippen molar-refractivity contribution in [2.45, 2.75) is 18.9 Å². The number of aryl methyl sites for hydroxylation is 1. The van der Waals surface area contributed by atoms with Gasteiger partial charge in [0, 0.05) is 38.3 Å². The van der Waals surface area contributed by atoms with Crippen LogP contribution in [0.3, 0.4) is 0 Å². The van der Waals surface area contributed by atoms with E-state index in [2.05, 4.69) is 25.4 Å². The van der Waals surface area contributed by atoms with Crippen LogP contribution in [-0.2, 0) is 14.1 Å². The summed E-state index contributed by atoms with van der Waals surface area (Å²) in [7, 11) is 3.47. The Labute approximate surface area is 176 Å². The topological polar surface area (TPSA) is 94.9 Å². The van der Waals surface area contributed by atoms with E-state index in [9.17, 15) is 9.18 Å². The van der Waals surface area contributed by atoms with E-state index in [-0.39, 0.29) is 17.4 Å². The minimum Gasteiger partial charge on any atom is -0.356 e. The van der Waals surface area contributed by atoms with Crippen molar-refractivity contribution in [3.05, 3.63) is 64.3 Å². The molecule has 4 heterocycles. The van der Waals surface area contributed by atoms with Gasteiger partial charge in [0.15, 0.2) is 11.6 Å². The monoisotopic (exact) mass is 421 g/mol. The molecule has 10 heteroatoms. The molecule has 0 amide bonds. The van der Waals surface area contributed by atoms with Crippen LogP contribution in [0.4, 0.5) is 10.3 Å². The highest BCUT2D eigenvalue weighted by Gasteiger charge is 2.32. The lowest BCUT2D eigenvalue weighted by Gasteiger charge is -2.23. The van der Waals surface area contributed by atoms with Gasteiger partial charge in [0.25, 0.3) is 5.56 Å². The molecule has 0 spiro atoms. The first-order chi connectivity index (χ1) is 15.0.